The number of amides is 1. The third-order valence-corrected chi connectivity index (χ3v) is 7.51. The second kappa shape index (κ2) is 6.70. The molecule has 0 aromatic carbocycles. The molecule has 0 bridgehead atoms. The largest absolute Gasteiger partial charge is 0.347 e. The van der Waals surface area contributed by atoms with Crippen LogP contribution in [0.2, 0.25) is 0 Å². The maximum absolute atomic E-state index is 12.7. The van der Waals surface area contributed by atoms with Crippen molar-refractivity contribution in [1.82, 2.24) is 19.9 Å². The van der Waals surface area contributed by atoms with Crippen molar-refractivity contribution in [1.29, 1.82) is 0 Å². The number of aromatic nitrogens is 3. The first kappa shape index (κ1) is 18.1. The van der Waals surface area contributed by atoms with Crippen molar-refractivity contribution in [2.24, 2.45) is 5.73 Å². The molecule has 4 heterocycles. The fraction of sp³-hybridized carbons (Fsp3) is 0.353. The van der Waals surface area contributed by atoms with Crippen LogP contribution in [0.15, 0.2) is 30.6 Å². The van der Waals surface area contributed by atoms with E-state index < -0.39 is 15.9 Å². The quantitative estimate of drug-likeness (QED) is 0.671. The minimum atomic E-state index is -3.11. The minimum absolute atomic E-state index is 0.0495. The lowest BCUT2D eigenvalue weighted by molar-refractivity contribution is 0.0934. The van der Waals surface area contributed by atoms with E-state index in [2.05, 4.69) is 15.4 Å². The molecule has 1 fully saturated rings. The van der Waals surface area contributed by atoms with Crippen molar-refractivity contribution in [3.05, 3.63) is 40.3 Å². The molecule has 3 aromatic rings. The number of nitrogens with zero attached hydrogens (tertiary/aromatic N) is 3. The van der Waals surface area contributed by atoms with Crippen LogP contribution in [0.5, 0.6) is 0 Å². The predicted octanol–water partition coefficient (Wildman–Crippen LogP) is 1.01. The van der Waals surface area contributed by atoms with Gasteiger partial charge in [-0.2, -0.15) is 5.10 Å². The standard InChI is InChI=1S/C17H19N5O3S2/c1-10-11(14-8-19-16-3-2-5-20-22(14)16)7-15(26-10)17(23)21-13-4-6-27(24,25)9-12(13)18/h2-3,5,7-8,12-13H,4,6,9,18H2,1H3,(H,21,23)/t12-,13+/m0/s1. The van der Waals surface area contributed by atoms with Gasteiger partial charge in [0.25, 0.3) is 5.91 Å². The monoisotopic (exact) mass is 405 g/mol. The first-order chi connectivity index (χ1) is 12.8. The van der Waals surface area contributed by atoms with Gasteiger partial charge < -0.3 is 11.1 Å². The highest BCUT2D eigenvalue weighted by atomic mass is 32.2. The van der Waals surface area contributed by atoms with Crippen LogP contribution < -0.4 is 11.1 Å². The van der Waals surface area contributed by atoms with Crippen molar-refractivity contribution in [3.63, 3.8) is 0 Å². The van der Waals surface area contributed by atoms with E-state index in [0.717, 1.165) is 21.8 Å². The van der Waals surface area contributed by atoms with Gasteiger partial charge in [0.15, 0.2) is 15.5 Å². The van der Waals surface area contributed by atoms with E-state index in [1.54, 1.807) is 16.9 Å². The predicted molar refractivity (Wildman–Crippen MR) is 104 cm³/mol. The molecule has 10 heteroatoms. The van der Waals surface area contributed by atoms with Crippen LogP contribution in [0.3, 0.4) is 0 Å². The average molecular weight is 406 g/mol. The number of nitrogens with one attached hydrogen (secondary N) is 1. The molecule has 8 nitrogen and oxygen atoms in total. The lowest BCUT2D eigenvalue weighted by Gasteiger charge is -2.29. The van der Waals surface area contributed by atoms with Crippen molar-refractivity contribution >= 4 is 32.7 Å². The van der Waals surface area contributed by atoms with E-state index in [1.807, 2.05) is 25.1 Å². The molecule has 1 amide bonds. The molecule has 0 unspecified atom stereocenters. The first-order valence-corrected chi connectivity index (χ1v) is 11.1. The summed E-state index contributed by atoms with van der Waals surface area (Å²) >= 11 is 1.38. The lowest BCUT2D eigenvalue weighted by atomic mass is 10.1. The van der Waals surface area contributed by atoms with Gasteiger partial charge in [-0.05, 0) is 31.5 Å². The van der Waals surface area contributed by atoms with Crippen LogP contribution in [0.1, 0.15) is 21.0 Å². The number of carbonyl (C=O) groups excluding carboxylic acids is 1. The highest BCUT2D eigenvalue weighted by Gasteiger charge is 2.32. The highest BCUT2D eigenvalue weighted by molar-refractivity contribution is 7.91. The maximum atomic E-state index is 12.7. The maximum Gasteiger partial charge on any atom is 0.261 e. The normalized spacial score (nSPS) is 22.0. The van der Waals surface area contributed by atoms with Crippen LogP contribution in [0.25, 0.3) is 16.9 Å². The van der Waals surface area contributed by atoms with Crippen molar-refractivity contribution in [2.45, 2.75) is 25.4 Å². The molecule has 2 atom stereocenters. The molecular weight excluding hydrogens is 386 g/mol. The Morgan fingerprint density at radius 2 is 2.26 bits per heavy atom. The van der Waals surface area contributed by atoms with E-state index >= 15 is 0 Å². The molecule has 1 aliphatic heterocycles. The van der Waals surface area contributed by atoms with Gasteiger partial charge in [-0.15, -0.1) is 11.3 Å². The van der Waals surface area contributed by atoms with Crippen molar-refractivity contribution in [3.8, 4) is 11.3 Å². The minimum Gasteiger partial charge on any atom is -0.347 e. The summed E-state index contributed by atoms with van der Waals surface area (Å²) in [5, 5.41) is 7.20. The molecule has 3 aromatic heterocycles. The fourth-order valence-corrected chi connectivity index (χ4v) is 5.82. The Labute approximate surface area is 160 Å². The van der Waals surface area contributed by atoms with Gasteiger partial charge >= 0.3 is 0 Å². The summed E-state index contributed by atoms with van der Waals surface area (Å²) in [5.41, 5.74) is 8.39. The number of thiophene rings is 1. The highest BCUT2D eigenvalue weighted by Crippen LogP contribution is 2.31. The van der Waals surface area contributed by atoms with Gasteiger partial charge in [-0.1, -0.05) is 0 Å². The Morgan fingerprint density at radius 1 is 1.44 bits per heavy atom. The molecule has 0 radical (unpaired) electrons. The summed E-state index contributed by atoms with van der Waals surface area (Å²) < 4.78 is 25.0. The number of hydrogen-bond donors (Lipinski definition) is 2. The Hall–Kier alpha value is -2.30. The van der Waals surface area contributed by atoms with E-state index in [0.29, 0.717) is 11.3 Å². The van der Waals surface area contributed by atoms with Crippen molar-refractivity contribution in [2.75, 3.05) is 11.5 Å². The number of rotatable bonds is 3. The number of fused-ring (bicyclic) bond motifs is 1. The fourth-order valence-electron chi connectivity index (χ4n) is 3.29. The van der Waals surface area contributed by atoms with Crippen molar-refractivity contribution < 1.29 is 13.2 Å². The molecule has 0 saturated carbocycles. The van der Waals surface area contributed by atoms with Gasteiger partial charge in [0.05, 0.1) is 28.3 Å². The molecule has 3 N–H and O–H groups in total. The summed E-state index contributed by atoms with van der Waals surface area (Å²) in [6.07, 6.45) is 3.76. The van der Waals surface area contributed by atoms with Gasteiger partial charge in [-0.3, -0.25) is 4.79 Å². The first-order valence-electron chi connectivity index (χ1n) is 8.50. The number of hydrogen-bond acceptors (Lipinski definition) is 7. The molecular formula is C17H19N5O3S2. The SMILES string of the molecule is Cc1sc(C(=O)N[C@@H]2CCS(=O)(=O)C[C@@H]2N)cc1-c1cnc2cccnn12. The average Bonchev–Trinajstić information content (AvgIpc) is 3.20. The number of aryl methyl sites for hydroxylation is 1. The van der Waals surface area contributed by atoms with E-state index in [9.17, 15) is 13.2 Å². The summed E-state index contributed by atoms with van der Waals surface area (Å²) in [4.78, 5) is 18.5. The Morgan fingerprint density at radius 3 is 3.04 bits per heavy atom. The summed E-state index contributed by atoms with van der Waals surface area (Å²) in [6, 6.07) is 4.57. The van der Waals surface area contributed by atoms with Crippen LogP contribution in [-0.4, -0.2) is 52.5 Å². The molecule has 142 valence electrons. The zero-order valence-corrected chi connectivity index (χ0v) is 16.3. The number of nitrogens with two attached hydrogens (primary N) is 1. The Bertz CT molecular complexity index is 1120. The molecule has 1 aliphatic rings. The molecule has 1 saturated heterocycles. The smallest absolute Gasteiger partial charge is 0.261 e. The van der Waals surface area contributed by atoms with Crippen LogP contribution in [0, 0.1) is 6.92 Å². The zero-order chi connectivity index (χ0) is 19.2. The molecule has 0 spiro atoms. The van der Waals surface area contributed by atoms with Gasteiger partial charge in [0.2, 0.25) is 0 Å². The van der Waals surface area contributed by atoms with E-state index in [-0.39, 0.29) is 23.5 Å². The third kappa shape index (κ3) is 3.47. The summed E-state index contributed by atoms with van der Waals surface area (Å²) in [7, 11) is -3.11. The molecule has 4 rings (SSSR count). The topological polar surface area (TPSA) is 119 Å². The summed E-state index contributed by atoms with van der Waals surface area (Å²) in [6.45, 7) is 1.94. The van der Waals surface area contributed by atoms with Gasteiger partial charge in [-0.25, -0.2) is 17.9 Å². The zero-order valence-electron chi connectivity index (χ0n) is 14.6. The van der Waals surface area contributed by atoms with Gasteiger partial charge in [0.1, 0.15) is 0 Å². The molecule has 0 aliphatic carbocycles. The molecule has 27 heavy (non-hydrogen) atoms. The van der Waals surface area contributed by atoms with Crippen LogP contribution in [-0.2, 0) is 9.84 Å². The second-order valence-corrected chi connectivity index (χ2v) is 10.1. The summed E-state index contributed by atoms with van der Waals surface area (Å²) in [5.74, 6) is -0.288. The van der Waals surface area contributed by atoms with Crippen LogP contribution in [0.4, 0.5) is 0 Å². The Balaban J connectivity index is 1.57. The lowest BCUT2D eigenvalue weighted by Crippen LogP contribution is -2.54. The number of imidazole rings is 1. The van der Waals surface area contributed by atoms with E-state index in [1.165, 1.54) is 11.3 Å². The van der Waals surface area contributed by atoms with E-state index in [4.69, 9.17) is 5.73 Å². The Kier molecular flexibility index (Phi) is 4.49. The third-order valence-electron chi connectivity index (χ3n) is 4.71. The second-order valence-electron chi connectivity index (χ2n) is 6.66. The van der Waals surface area contributed by atoms with Gasteiger partial charge in [0, 0.05) is 28.7 Å². The number of carbonyl (C=O) groups is 1. The number of sulfone groups is 1. The van der Waals surface area contributed by atoms with Crippen LogP contribution >= 0.6 is 11.3 Å².